The van der Waals surface area contributed by atoms with Gasteiger partial charge in [-0.1, -0.05) is 66.7 Å². The molecule has 3 aromatic rings. The van der Waals surface area contributed by atoms with Gasteiger partial charge in [0.05, 0.1) is 5.57 Å². The van der Waals surface area contributed by atoms with Crippen molar-refractivity contribution in [2.75, 3.05) is 0 Å². The molecule has 0 saturated heterocycles. The number of hydrogen-bond donors (Lipinski definition) is 1. The number of halogens is 1. The molecule has 0 saturated carbocycles. The first kappa shape index (κ1) is 20.8. The summed E-state index contributed by atoms with van der Waals surface area (Å²) in [6.45, 7) is 0.0358. The number of thioether (sulfide) groups is 1. The summed E-state index contributed by atoms with van der Waals surface area (Å²) < 4.78 is 19.8. The lowest BCUT2D eigenvalue weighted by Gasteiger charge is -2.20. The first-order valence-electron chi connectivity index (χ1n) is 10.1. The number of para-hydroxylation sites is 1. The molecular formula is C25H17FN4O2S. The number of amidine groups is 2. The van der Waals surface area contributed by atoms with Gasteiger partial charge in [-0.15, -0.1) is 0 Å². The molecule has 6 nitrogen and oxygen atoms in total. The zero-order valence-corrected chi connectivity index (χ0v) is 18.1. The van der Waals surface area contributed by atoms with E-state index in [4.69, 9.17) is 10.1 Å². The quantitative estimate of drug-likeness (QED) is 0.544. The summed E-state index contributed by atoms with van der Waals surface area (Å²) in [6.07, 6.45) is 1.56. The second kappa shape index (κ2) is 8.84. The molecule has 0 aromatic heterocycles. The van der Waals surface area contributed by atoms with E-state index < -0.39 is 5.91 Å². The third kappa shape index (κ3) is 4.20. The molecule has 0 aliphatic carbocycles. The number of hydrogen-bond acceptors (Lipinski definition) is 5. The molecule has 5 rings (SSSR count). The van der Waals surface area contributed by atoms with Crippen molar-refractivity contribution >= 4 is 39.8 Å². The Kier molecular flexibility index (Phi) is 5.58. The number of carbonyl (C=O) groups is 1. The molecule has 162 valence electrons. The monoisotopic (exact) mass is 456 g/mol. The Bertz CT molecular complexity index is 1350. The zero-order chi connectivity index (χ0) is 22.8. The van der Waals surface area contributed by atoms with Crippen LogP contribution in [0.25, 0.3) is 6.08 Å². The van der Waals surface area contributed by atoms with Crippen LogP contribution in [-0.4, -0.2) is 27.0 Å². The number of aliphatic imine (C=N–C) groups is 1. The van der Waals surface area contributed by atoms with E-state index in [0.717, 1.165) is 5.56 Å². The minimum atomic E-state index is -0.521. The standard InChI is InChI=1S/C25H17FN4O2S/c26-20-12-6-4-11-18(20)15-32-21-13-7-5-10-17(21)14-19-22(27)30-25(28-23(19)31)33-24(29-30)16-8-2-1-3-9-16/h1-14,27H,15H2. The van der Waals surface area contributed by atoms with Crippen molar-refractivity contribution in [3.8, 4) is 5.75 Å². The van der Waals surface area contributed by atoms with Crippen molar-refractivity contribution < 1.29 is 13.9 Å². The largest absolute Gasteiger partial charge is 0.488 e. The number of nitrogens with one attached hydrogen (secondary N) is 1. The topological polar surface area (TPSA) is 78.1 Å². The number of fused-ring (bicyclic) bond motifs is 1. The molecule has 0 radical (unpaired) electrons. The third-order valence-electron chi connectivity index (χ3n) is 5.04. The average molecular weight is 457 g/mol. The number of benzene rings is 3. The maximum absolute atomic E-state index is 13.9. The summed E-state index contributed by atoms with van der Waals surface area (Å²) in [6, 6.07) is 23.0. The van der Waals surface area contributed by atoms with Crippen LogP contribution in [0, 0.1) is 11.2 Å². The molecular weight excluding hydrogens is 439 g/mol. The number of nitrogens with zero attached hydrogens (tertiary/aromatic N) is 3. The number of rotatable bonds is 5. The van der Waals surface area contributed by atoms with Gasteiger partial charge < -0.3 is 4.74 Å². The number of carbonyl (C=O) groups excluding carboxylic acids is 1. The van der Waals surface area contributed by atoms with Crippen LogP contribution in [0.5, 0.6) is 5.75 Å². The molecule has 1 amide bonds. The van der Waals surface area contributed by atoms with E-state index in [-0.39, 0.29) is 23.8 Å². The summed E-state index contributed by atoms with van der Waals surface area (Å²) >= 11 is 1.25. The predicted molar refractivity (Wildman–Crippen MR) is 128 cm³/mol. The lowest BCUT2D eigenvalue weighted by atomic mass is 10.1. The zero-order valence-electron chi connectivity index (χ0n) is 17.2. The average Bonchev–Trinajstić information content (AvgIpc) is 3.27. The van der Waals surface area contributed by atoms with Crippen LogP contribution in [0.2, 0.25) is 0 Å². The number of ether oxygens (including phenoxy) is 1. The van der Waals surface area contributed by atoms with Crippen LogP contribution < -0.4 is 4.74 Å². The Morgan fingerprint density at radius 3 is 2.55 bits per heavy atom. The van der Waals surface area contributed by atoms with E-state index >= 15 is 0 Å². The van der Waals surface area contributed by atoms with Gasteiger partial charge in [-0.2, -0.15) is 15.1 Å². The van der Waals surface area contributed by atoms with Crippen molar-refractivity contribution in [3.63, 3.8) is 0 Å². The Morgan fingerprint density at radius 1 is 1.00 bits per heavy atom. The fraction of sp³-hybridized carbons (Fsp3) is 0.0400. The molecule has 0 fully saturated rings. The summed E-state index contributed by atoms with van der Waals surface area (Å²) in [5.41, 5.74) is 1.99. The van der Waals surface area contributed by atoms with Crippen LogP contribution in [-0.2, 0) is 11.4 Å². The highest BCUT2D eigenvalue weighted by atomic mass is 32.2. The number of hydrazone groups is 1. The first-order chi connectivity index (χ1) is 16.1. The van der Waals surface area contributed by atoms with E-state index in [0.29, 0.717) is 27.1 Å². The maximum Gasteiger partial charge on any atom is 0.283 e. The van der Waals surface area contributed by atoms with Gasteiger partial charge in [-0.05, 0) is 30.0 Å². The minimum absolute atomic E-state index is 0.0358. The molecule has 1 N–H and O–H groups in total. The highest BCUT2D eigenvalue weighted by Crippen LogP contribution is 2.32. The van der Waals surface area contributed by atoms with Crippen molar-refractivity contribution in [3.05, 3.63) is 107 Å². The smallest absolute Gasteiger partial charge is 0.283 e. The predicted octanol–water partition coefficient (Wildman–Crippen LogP) is 5.07. The molecule has 2 aliphatic rings. The van der Waals surface area contributed by atoms with Gasteiger partial charge >= 0.3 is 0 Å². The van der Waals surface area contributed by atoms with Gasteiger partial charge in [0.2, 0.25) is 5.17 Å². The van der Waals surface area contributed by atoms with E-state index in [1.807, 2.05) is 30.3 Å². The highest BCUT2D eigenvalue weighted by molar-refractivity contribution is 8.27. The van der Waals surface area contributed by atoms with E-state index in [9.17, 15) is 9.18 Å². The van der Waals surface area contributed by atoms with Crippen LogP contribution in [0.3, 0.4) is 0 Å². The van der Waals surface area contributed by atoms with Crippen molar-refractivity contribution in [2.24, 2.45) is 10.1 Å². The summed E-state index contributed by atoms with van der Waals surface area (Å²) in [7, 11) is 0. The van der Waals surface area contributed by atoms with Gasteiger partial charge in [-0.3, -0.25) is 10.2 Å². The summed E-state index contributed by atoms with van der Waals surface area (Å²) in [4.78, 5) is 16.9. The Labute approximate surface area is 193 Å². The molecule has 0 unspecified atom stereocenters. The summed E-state index contributed by atoms with van der Waals surface area (Å²) in [5.74, 6) is -0.467. The van der Waals surface area contributed by atoms with Gasteiger partial charge in [0, 0.05) is 16.7 Å². The molecule has 8 heteroatoms. The summed E-state index contributed by atoms with van der Waals surface area (Å²) in [5, 5.41) is 15.5. The lowest BCUT2D eigenvalue weighted by molar-refractivity contribution is -0.114. The van der Waals surface area contributed by atoms with Crippen molar-refractivity contribution in [2.45, 2.75) is 6.61 Å². The third-order valence-corrected chi connectivity index (χ3v) is 5.99. The molecule has 0 spiro atoms. The molecule has 2 aliphatic heterocycles. The van der Waals surface area contributed by atoms with Crippen LogP contribution in [0.4, 0.5) is 4.39 Å². The Morgan fingerprint density at radius 2 is 1.73 bits per heavy atom. The van der Waals surface area contributed by atoms with Gasteiger partial charge in [0.25, 0.3) is 5.91 Å². The van der Waals surface area contributed by atoms with E-state index in [1.54, 1.807) is 48.5 Å². The second-order valence-corrected chi connectivity index (χ2v) is 8.17. The van der Waals surface area contributed by atoms with Gasteiger partial charge in [-0.25, -0.2) is 4.39 Å². The van der Waals surface area contributed by atoms with Crippen molar-refractivity contribution in [1.29, 1.82) is 5.41 Å². The Hall–Kier alpha value is -4.04. The SMILES string of the molecule is N=C1C(=Cc2ccccc2OCc2ccccc2F)C(=O)N=C2SC(c3ccccc3)=NN12. The molecule has 2 heterocycles. The minimum Gasteiger partial charge on any atom is -0.488 e. The molecule has 33 heavy (non-hydrogen) atoms. The van der Waals surface area contributed by atoms with E-state index in [1.165, 1.54) is 22.8 Å². The van der Waals surface area contributed by atoms with Gasteiger partial charge in [0.1, 0.15) is 23.2 Å². The van der Waals surface area contributed by atoms with Crippen LogP contribution in [0.15, 0.2) is 94.5 Å². The fourth-order valence-corrected chi connectivity index (χ4v) is 4.24. The molecule has 0 bridgehead atoms. The van der Waals surface area contributed by atoms with Gasteiger partial charge in [0.15, 0.2) is 5.84 Å². The lowest BCUT2D eigenvalue weighted by Crippen LogP contribution is -2.35. The van der Waals surface area contributed by atoms with Crippen LogP contribution in [0.1, 0.15) is 16.7 Å². The van der Waals surface area contributed by atoms with Crippen molar-refractivity contribution in [1.82, 2.24) is 5.01 Å². The van der Waals surface area contributed by atoms with E-state index in [2.05, 4.69) is 10.1 Å². The fourth-order valence-electron chi connectivity index (χ4n) is 3.35. The normalized spacial score (nSPS) is 16.5. The molecule has 0 atom stereocenters. The Balaban J connectivity index is 1.42. The second-order valence-electron chi connectivity index (χ2n) is 7.21. The first-order valence-corrected chi connectivity index (χ1v) is 10.9. The highest BCUT2D eigenvalue weighted by Gasteiger charge is 2.36. The van der Waals surface area contributed by atoms with Crippen LogP contribution >= 0.6 is 11.8 Å². The molecule has 3 aromatic carbocycles. The number of amides is 1. The maximum atomic E-state index is 13.9.